The summed E-state index contributed by atoms with van der Waals surface area (Å²) in [6.45, 7) is 6.51. The molecule has 7 nitrogen and oxygen atoms in total. The van der Waals surface area contributed by atoms with Gasteiger partial charge in [-0.1, -0.05) is 42.5 Å². The van der Waals surface area contributed by atoms with Crippen LogP contribution in [-0.4, -0.2) is 41.6 Å². The number of ether oxygens (including phenoxy) is 2. The van der Waals surface area contributed by atoms with Gasteiger partial charge in [0.15, 0.2) is 0 Å². The van der Waals surface area contributed by atoms with Gasteiger partial charge in [-0.15, -0.1) is 0 Å². The van der Waals surface area contributed by atoms with Gasteiger partial charge in [-0.05, 0) is 69.2 Å². The predicted molar refractivity (Wildman–Crippen MR) is 137 cm³/mol. The van der Waals surface area contributed by atoms with E-state index in [4.69, 9.17) is 9.47 Å². The summed E-state index contributed by atoms with van der Waals surface area (Å²) in [7, 11) is 0. The van der Waals surface area contributed by atoms with Gasteiger partial charge in [-0.3, -0.25) is 19.4 Å². The molecule has 0 fully saturated rings. The van der Waals surface area contributed by atoms with E-state index in [2.05, 4.69) is 0 Å². The molecule has 4 rings (SSSR count). The zero-order valence-electron chi connectivity index (χ0n) is 20.8. The molecule has 186 valence electrons. The van der Waals surface area contributed by atoms with E-state index in [9.17, 15) is 14.4 Å². The van der Waals surface area contributed by atoms with Gasteiger partial charge >= 0.3 is 6.09 Å². The second-order valence-electron chi connectivity index (χ2n) is 9.56. The third-order valence-electron chi connectivity index (χ3n) is 5.62. The van der Waals surface area contributed by atoms with E-state index in [-0.39, 0.29) is 18.4 Å². The number of fused-ring (bicyclic) bond motifs is 1. The molecule has 0 atom stereocenters. The Hall–Kier alpha value is -4.13. The smallest absolute Gasteiger partial charge is 0.415 e. The first-order valence-electron chi connectivity index (χ1n) is 12.0. The summed E-state index contributed by atoms with van der Waals surface area (Å²) in [5.41, 5.74) is 1.95. The van der Waals surface area contributed by atoms with Crippen LogP contribution in [0.1, 0.15) is 53.5 Å². The zero-order valence-corrected chi connectivity index (χ0v) is 20.8. The molecule has 0 aliphatic carbocycles. The van der Waals surface area contributed by atoms with Crippen molar-refractivity contribution in [1.82, 2.24) is 4.90 Å². The van der Waals surface area contributed by atoms with E-state index >= 15 is 0 Å². The summed E-state index contributed by atoms with van der Waals surface area (Å²) in [5, 5.41) is 0. The number of nitrogens with zero attached hydrogens (tertiary/aromatic N) is 2. The van der Waals surface area contributed by atoms with Gasteiger partial charge in [0.2, 0.25) is 0 Å². The van der Waals surface area contributed by atoms with Gasteiger partial charge in [0.05, 0.1) is 24.3 Å². The van der Waals surface area contributed by atoms with Crippen LogP contribution in [0, 0.1) is 0 Å². The highest BCUT2D eigenvalue weighted by molar-refractivity contribution is 6.21. The van der Waals surface area contributed by atoms with E-state index in [0.717, 1.165) is 5.56 Å². The fourth-order valence-electron chi connectivity index (χ4n) is 3.92. The molecular weight excluding hydrogens is 456 g/mol. The van der Waals surface area contributed by atoms with Crippen LogP contribution in [0.2, 0.25) is 0 Å². The van der Waals surface area contributed by atoms with Crippen molar-refractivity contribution in [1.29, 1.82) is 0 Å². The second kappa shape index (κ2) is 10.6. The maximum Gasteiger partial charge on any atom is 0.415 e. The molecular formula is C29H30N2O5. The molecule has 3 aromatic rings. The average Bonchev–Trinajstić information content (AvgIpc) is 3.10. The lowest BCUT2D eigenvalue weighted by Crippen LogP contribution is -2.36. The Labute approximate surface area is 211 Å². The first kappa shape index (κ1) is 25.0. The molecule has 3 aromatic carbocycles. The summed E-state index contributed by atoms with van der Waals surface area (Å²) in [5.74, 6) is 0.103. The highest BCUT2D eigenvalue weighted by atomic mass is 16.6. The minimum Gasteiger partial charge on any atom is -0.494 e. The van der Waals surface area contributed by atoms with Gasteiger partial charge in [-0.25, -0.2) is 4.79 Å². The Morgan fingerprint density at radius 3 is 2.00 bits per heavy atom. The number of hydrogen-bond acceptors (Lipinski definition) is 5. The van der Waals surface area contributed by atoms with Gasteiger partial charge in [0.1, 0.15) is 11.4 Å². The van der Waals surface area contributed by atoms with Crippen LogP contribution >= 0.6 is 0 Å². The molecule has 0 bridgehead atoms. The number of anilines is 1. The monoisotopic (exact) mass is 486 g/mol. The van der Waals surface area contributed by atoms with Gasteiger partial charge in [0, 0.05) is 12.2 Å². The molecule has 0 aromatic heterocycles. The van der Waals surface area contributed by atoms with Crippen LogP contribution in [0.4, 0.5) is 10.5 Å². The number of carbonyl (C=O) groups is 3. The van der Waals surface area contributed by atoms with E-state index < -0.39 is 11.7 Å². The summed E-state index contributed by atoms with van der Waals surface area (Å²) >= 11 is 0. The standard InChI is InChI=1S/C29H30N2O5/c1-29(2,3)36-28(34)31(20-21-10-5-4-6-11-21)22-14-16-23(17-15-22)35-19-9-18-30-26(32)24-12-7-8-13-25(24)27(30)33/h4-8,10-17H,9,18-20H2,1-3H3. The van der Waals surface area contributed by atoms with Crippen LogP contribution in [0.15, 0.2) is 78.9 Å². The van der Waals surface area contributed by atoms with Crippen molar-refractivity contribution in [2.24, 2.45) is 0 Å². The molecule has 1 aliphatic heterocycles. The zero-order chi connectivity index (χ0) is 25.7. The number of amides is 3. The fourth-order valence-corrected chi connectivity index (χ4v) is 3.92. The van der Waals surface area contributed by atoms with Crippen molar-refractivity contribution >= 4 is 23.6 Å². The summed E-state index contributed by atoms with van der Waals surface area (Å²) in [4.78, 5) is 40.7. The van der Waals surface area contributed by atoms with Gasteiger partial charge in [0.25, 0.3) is 11.8 Å². The average molecular weight is 487 g/mol. The third-order valence-corrected chi connectivity index (χ3v) is 5.62. The van der Waals surface area contributed by atoms with Crippen LogP contribution in [0.25, 0.3) is 0 Å². The molecule has 0 N–H and O–H groups in total. The van der Waals surface area contributed by atoms with E-state index in [1.54, 1.807) is 41.3 Å². The highest BCUT2D eigenvalue weighted by Gasteiger charge is 2.34. The largest absolute Gasteiger partial charge is 0.494 e. The molecule has 7 heteroatoms. The number of carbonyl (C=O) groups excluding carboxylic acids is 3. The first-order valence-corrected chi connectivity index (χ1v) is 12.0. The Morgan fingerprint density at radius 2 is 1.42 bits per heavy atom. The fraction of sp³-hybridized carbons (Fsp3) is 0.276. The molecule has 1 aliphatic rings. The van der Waals surface area contributed by atoms with E-state index in [0.29, 0.717) is 42.1 Å². The van der Waals surface area contributed by atoms with E-state index in [1.165, 1.54) is 4.90 Å². The molecule has 0 spiro atoms. The van der Waals surface area contributed by atoms with Crippen LogP contribution in [-0.2, 0) is 11.3 Å². The highest BCUT2D eigenvalue weighted by Crippen LogP contribution is 2.25. The predicted octanol–water partition coefficient (Wildman–Crippen LogP) is 5.69. The van der Waals surface area contributed by atoms with Crippen molar-refractivity contribution in [2.75, 3.05) is 18.1 Å². The molecule has 0 unspecified atom stereocenters. The Morgan fingerprint density at radius 1 is 0.833 bits per heavy atom. The van der Waals surface area contributed by atoms with Crippen molar-refractivity contribution in [3.05, 3.63) is 95.6 Å². The quantitative estimate of drug-likeness (QED) is 0.302. The second-order valence-corrected chi connectivity index (χ2v) is 9.56. The van der Waals surface area contributed by atoms with Gasteiger partial charge in [-0.2, -0.15) is 0 Å². The number of rotatable bonds is 8. The molecule has 0 saturated carbocycles. The van der Waals surface area contributed by atoms with Gasteiger partial charge < -0.3 is 9.47 Å². The van der Waals surface area contributed by atoms with Crippen molar-refractivity contribution in [3.8, 4) is 5.75 Å². The molecule has 0 saturated heterocycles. The first-order chi connectivity index (χ1) is 17.2. The van der Waals surface area contributed by atoms with Crippen LogP contribution in [0.5, 0.6) is 5.75 Å². The topological polar surface area (TPSA) is 76.2 Å². The lowest BCUT2D eigenvalue weighted by Gasteiger charge is -2.27. The molecule has 1 heterocycles. The maximum atomic E-state index is 12.9. The number of hydrogen-bond donors (Lipinski definition) is 0. The van der Waals surface area contributed by atoms with Crippen molar-refractivity contribution < 1.29 is 23.9 Å². The van der Waals surface area contributed by atoms with Crippen molar-refractivity contribution in [3.63, 3.8) is 0 Å². The molecule has 3 amide bonds. The third kappa shape index (κ3) is 5.92. The minimum atomic E-state index is -0.617. The number of imide groups is 1. The number of benzene rings is 3. The van der Waals surface area contributed by atoms with Crippen LogP contribution in [0.3, 0.4) is 0 Å². The minimum absolute atomic E-state index is 0.263. The summed E-state index contributed by atoms with van der Waals surface area (Å²) in [6, 6.07) is 23.8. The lowest BCUT2D eigenvalue weighted by molar-refractivity contribution is 0.0575. The lowest BCUT2D eigenvalue weighted by atomic mass is 10.1. The van der Waals surface area contributed by atoms with E-state index in [1.807, 2.05) is 63.2 Å². The Kier molecular flexibility index (Phi) is 7.38. The Balaban J connectivity index is 1.35. The Bertz CT molecular complexity index is 1200. The molecule has 36 heavy (non-hydrogen) atoms. The maximum absolute atomic E-state index is 12.9. The van der Waals surface area contributed by atoms with Crippen LogP contribution < -0.4 is 9.64 Å². The summed E-state index contributed by atoms with van der Waals surface area (Å²) < 4.78 is 11.4. The van der Waals surface area contributed by atoms with Crippen molar-refractivity contribution in [2.45, 2.75) is 39.3 Å². The SMILES string of the molecule is CC(C)(C)OC(=O)N(Cc1ccccc1)c1ccc(OCCCN2C(=O)c3ccccc3C2=O)cc1. The summed E-state index contributed by atoms with van der Waals surface area (Å²) in [6.07, 6.45) is 0.0756. The molecule has 0 radical (unpaired) electrons. The normalized spacial score (nSPS) is 12.9.